The third-order valence-corrected chi connectivity index (χ3v) is 2.62. The Labute approximate surface area is 105 Å². The molecule has 1 heterocycles. The smallest absolute Gasteiger partial charge is 0.211 e. The van der Waals surface area contributed by atoms with E-state index in [0.717, 1.165) is 29.0 Å². The third kappa shape index (κ3) is 2.53. The van der Waals surface area contributed by atoms with Crippen LogP contribution >= 0.6 is 0 Å². The fourth-order valence-corrected chi connectivity index (χ4v) is 1.89. The summed E-state index contributed by atoms with van der Waals surface area (Å²) in [6.45, 7) is 2.03. The number of nitrogens with two attached hydrogens (primary N) is 2. The molecule has 1 aliphatic heterocycles. The maximum Gasteiger partial charge on any atom is 0.211 e. The molecule has 1 atom stereocenters. The van der Waals surface area contributed by atoms with Crippen molar-refractivity contribution in [2.75, 3.05) is 7.11 Å². The van der Waals surface area contributed by atoms with Crippen LogP contribution < -0.4 is 20.9 Å². The largest absolute Gasteiger partial charge is 0.496 e. The van der Waals surface area contributed by atoms with Crippen LogP contribution in [0.5, 0.6) is 11.5 Å². The molecule has 6 nitrogen and oxygen atoms in total. The van der Waals surface area contributed by atoms with E-state index >= 15 is 0 Å². The Balaban J connectivity index is 2.33. The van der Waals surface area contributed by atoms with E-state index in [1.54, 1.807) is 7.11 Å². The van der Waals surface area contributed by atoms with Crippen molar-refractivity contribution in [3.05, 3.63) is 23.3 Å². The fourth-order valence-electron chi connectivity index (χ4n) is 1.89. The van der Waals surface area contributed by atoms with E-state index in [1.165, 1.54) is 6.21 Å². The van der Waals surface area contributed by atoms with E-state index in [9.17, 15) is 0 Å². The number of fused-ring (bicyclic) bond motifs is 1. The Kier molecular flexibility index (Phi) is 3.36. The summed E-state index contributed by atoms with van der Waals surface area (Å²) in [4.78, 5) is 0. The van der Waals surface area contributed by atoms with Gasteiger partial charge in [-0.25, -0.2) is 0 Å². The second-order valence-electron chi connectivity index (χ2n) is 4.10. The Morgan fingerprint density at radius 3 is 2.94 bits per heavy atom. The van der Waals surface area contributed by atoms with Gasteiger partial charge in [0.05, 0.1) is 13.3 Å². The first-order valence-corrected chi connectivity index (χ1v) is 5.59. The lowest BCUT2D eigenvalue weighted by atomic mass is 10.1. The van der Waals surface area contributed by atoms with Crippen LogP contribution in [0, 0.1) is 0 Å². The lowest BCUT2D eigenvalue weighted by Gasteiger charge is -2.07. The van der Waals surface area contributed by atoms with E-state index in [1.807, 2.05) is 19.1 Å². The highest BCUT2D eigenvalue weighted by Crippen LogP contribution is 2.34. The highest BCUT2D eigenvalue weighted by molar-refractivity contribution is 5.85. The fraction of sp³-hybridized carbons (Fsp3) is 0.333. The van der Waals surface area contributed by atoms with Gasteiger partial charge < -0.3 is 20.9 Å². The van der Waals surface area contributed by atoms with Gasteiger partial charge in [0.15, 0.2) is 0 Å². The molecule has 18 heavy (non-hydrogen) atoms. The van der Waals surface area contributed by atoms with Crippen molar-refractivity contribution >= 4 is 12.2 Å². The molecule has 0 spiro atoms. The lowest BCUT2D eigenvalue weighted by Crippen LogP contribution is -2.21. The first-order chi connectivity index (χ1) is 8.60. The Morgan fingerprint density at radius 1 is 1.50 bits per heavy atom. The summed E-state index contributed by atoms with van der Waals surface area (Å²) in [5, 5.41) is 7.32. The maximum atomic E-state index is 5.67. The van der Waals surface area contributed by atoms with Crippen LogP contribution in [0.4, 0.5) is 0 Å². The van der Waals surface area contributed by atoms with Crippen molar-refractivity contribution < 1.29 is 9.47 Å². The summed E-state index contributed by atoms with van der Waals surface area (Å²) in [6.07, 6.45) is 2.61. The van der Waals surface area contributed by atoms with Crippen LogP contribution in [0.1, 0.15) is 18.1 Å². The molecule has 0 aromatic heterocycles. The predicted molar refractivity (Wildman–Crippen MR) is 70.2 cm³/mol. The zero-order chi connectivity index (χ0) is 13.1. The molecule has 96 valence electrons. The molecule has 0 bridgehead atoms. The lowest BCUT2D eigenvalue weighted by molar-refractivity contribution is 0.254. The van der Waals surface area contributed by atoms with Crippen molar-refractivity contribution in [1.29, 1.82) is 0 Å². The highest BCUT2D eigenvalue weighted by atomic mass is 16.5. The van der Waals surface area contributed by atoms with Crippen molar-refractivity contribution in [3.63, 3.8) is 0 Å². The van der Waals surface area contributed by atoms with Crippen molar-refractivity contribution in [2.24, 2.45) is 21.7 Å². The van der Waals surface area contributed by atoms with Gasteiger partial charge in [-0.3, -0.25) is 0 Å². The number of rotatable bonds is 3. The van der Waals surface area contributed by atoms with E-state index in [2.05, 4.69) is 10.2 Å². The van der Waals surface area contributed by atoms with Crippen LogP contribution in [0.15, 0.2) is 22.3 Å². The molecule has 0 saturated heterocycles. The van der Waals surface area contributed by atoms with E-state index in [4.69, 9.17) is 20.9 Å². The zero-order valence-electron chi connectivity index (χ0n) is 10.4. The topological polar surface area (TPSA) is 95.2 Å². The summed E-state index contributed by atoms with van der Waals surface area (Å²) >= 11 is 0. The molecule has 1 unspecified atom stereocenters. The van der Waals surface area contributed by atoms with E-state index in [0.29, 0.717) is 0 Å². The first kappa shape index (κ1) is 12.2. The summed E-state index contributed by atoms with van der Waals surface area (Å²) < 4.78 is 11.0. The third-order valence-electron chi connectivity index (χ3n) is 2.62. The van der Waals surface area contributed by atoms with Crippen LogP contribution in [0.25, 0.3) is 0 Å². The molecule has 0 fully saturated rings. The minimum absolute atomic E-state index is 0.0868. The second-order valence-corrected chi connectivity index (χ2v) is 4.10. The summed E-state index contributed by atoms with van der Waals surface area (Å²) in [7, 11) is 1.61. The van der Waals surface area contributed by atoms with Gasteiger partial charge in [-0.2, -0.15) is 5.10 Å². The average molecular weight is 248 g/mol. The van der Waals surface area contributed by atoms with E-state index < -0.39 is 0 Å². The number of guanidine groups is 1. The van der Waals surface area contributed by atoms with Gasteiger partial charge in [-0.05, 0) is 19.1 Å². The van der Waals surface area contributed by atoms with Gasteiger partial charge in [0, 0.05) is 17.5 Å². The van der Waals surface area contributed by atoms with Crippen molar-refractivity contribution in [1.82, 2.24) is 0 Å². The quantitative estimate of drug-likeness (QED) is 0.466. The zero-order valence-corrected chi connectivity index (χ0v) is 10.4. The summed E-state index contributed by atoms with van der Waals surface area (Å²) in [5.74, 6) is 1.49. The molecular formula is C12H16N4O2. The number of nitrogens with zero attached hydrogens (tertiary/aromatic N) is 2. The Hall–Kier alpha value is -2.24. The molecule has 1 aliphatic rings. The van der Waals surface area contributed by atoms with Gasteiger partial charge in [-0.15, -0.1) is 5.10 Å². The molecule has 1 aromatic carbocycles. The molecule has 6 heteroatoms. The summed E-state index contributed by atoms with van der Waals surface area (Å²) in [5.41, 5.74) is 12.3. The van der Waals surface area contributed by atoms with Crippen LogP contribution in [0.2, 0.25) is 0 Å². The predicted octanol–water partition coefficient (Wildman–Crippen LogP) is 0.626. The minimum Gasteiger partial charge on any atom is -0.496 e. The van der Waals surface area contributed by atoms with Gasteiger partial charge in [0.2, 0.25) is 5.96 Å². The molecule has 0 radical (unpaired) electrons. The first-order valence-electron chi connectivity index (χ1n) is 5.59. The SMILES string of the molecule is COc1cc2c(cc1/C=N/N=C(N)N)OC(C)C2. The molecule has 2 rings (SSSR count). The number of hydrogen-bond acceptors (Lipinski definition) is 4. The molecular weight excluding hydrogens is 232 g/mol. The minimum atomic E-state index is -0.0868. The van der Waals surface area contributed by atoms with Gasteiger partial charge in [0.1, 0.15) is 17.6 Å². The van der Waals surface area contributed by atoms with Crippen molar-refractivity contribution in [2.45, 2.75) is 19.4 Å². The number of hydrogen-bond donors (Lipinski definition) is 2. The van der Waals surface area contributed by atoms with Crippen LogP contribution in [-0.2, 0) is 6.42 Å². The number of methoxy groups -OCH3 is 1. The van der Waals surface area contributed by atoms with Crippen molar-refractivity contribution in [3.8, 4) is 11.5 Å². The van der Waals surface area contributed by atoms with Crippen LogP contribution in [0.3, 0.4) is 0 Å². The van der Waals surface area contributed by atoms with E-state index in [-0.39, 0.29) is 12.1 Å². The standard InChI is InChI=1S/C12H16N4O2/c1-7-3-8-4-10(17-2)9(5-11(8)18-7)6-15-16-12(13)14/h4-7H,3H2,1-2H3,(H4,13,14,16)/b15-6+. The monoisotopic (exact) mass is 248 g/mol. The average Bonchev–Trinajstić information content (AvgIpc) is 2.66. The number of benzene rings is 1. The Bertz CT molecular complexity index is 507. The molecule has 0 saturated carbocycles. The molecule has 0 aliphatic carbocycles. The normalized spacial score (nSPS) is 17.3. The molecule has 0 amide bonds. The van der Waals surface area contributed by atoms with Gasteiger partial charge in [0.25, 0.3) is 0 Å². The maximum absolute atomic E-state index is 5.67. The second kappa shape index (κ2) is 4.95. The van der Waals surface area contributed by atoms with Gasteiger partial charge in [-0.1, -0.05) is 0 Å². The molecule has 4 N–H and O–H groups in total. The number of ether oxygens (including phenoxy) is 2. The highest BCUT2D eigenvalue weighted by Gasteiger charge is 2.21. The Morgan fingerprint density at radius 2 is 2.28 bits per heavy atom. The molecule has 1 aromatic rings. The van der Waals surface area contributed by atoms with Gasteiger partial charge >= 0.3 is 0 Å². The van der Waals surface area contributed by atoms with Crippen LogP contribution in [-0.4, -0.2) is 25.4 Å². The summed E-state index contributed by atoms with van der Waals surface area (Å²) in [6, 6.07) is 3.83.